The van der Waals surface area contributed by atoms with Crippen LogP contribution in [-0.2, 0) is 20.8 Å². The number of piperazine rings is 1. The van der Waals surface area contributed by atoms with Gasteiger partial charge in [-0.25, -0.2) is 0 Å². The van der Waals surface area contributed by atoms with Crippen molar-refractivity contribution in [1.82, 2.24) is 20.5 Å². The average molecular weight is 396 g/mol. The second-order valence-electron chi connectivity index (χ2n) is 8.09. The first-order valence-electron chi connectivity index (χ1n) is 10.5. The molecule has 0 atom stereocenters. The summed E-state index contributed by atoms with van der Waals surface area (Å²) in [4.78, 5) is 41.4. The number of aromatic amines is 1. The lowest BCUT2D eigenvalue weighted by molar-refractivity contribution is -0.142. The van der Waals surface area contributed by atoms with Gasteiger partial charge in [-0.2, -0.15) is 0 Å². The summed E-state index contributed by atoms with van der Waals surface area (Å²) >= 11 is 0. The van der Waals surface area contributed by atoms with Crippen LogP contribution in [0.3, 0.4) is 0 Å². The molecule has 2 aromatic rings. The summed E-state index contributed by atoms with van der Waals surface area (Å²) in [6.07, 6.45) is 6.32. The molecule has 0 unspecified atom stereocenters. The third kappa shape index (κ3) is 4.60. The number of H-pyrrole nitrogens is 1. The van der Waals surface area contributed by atoms with Gasteiger partial charge in [-0.1, -0.05) is 18.2 Å². The van der Waals surface area contributed by atoms with Gasteiger partial charge in [0.15, 0.2) is 0 Å². The van der Waals surface area contributed by atoms with E-state index in [0.717, 1.165) is 36.8 Å². The van der Waals surface area contributed by atoms with Gasteiger partial charge in [0, 0.05) is 48.6 Å². The van der Waals surface area contributed by atoms with Gasteiger partial charge in [0.05, 0.1) is 6.54 Å². The number of aromatic nitrogens is 1. The van der Waals surface area contributed by atoms with Crippen molar-refractivity contribution in [3.63, 3.8) is 0 Å². The minimum Gasteiger partial charge on any atom is -0.361 e. The number of hydrogen-bond acceptors (Lipinski definition) is 3. The monoisotopic (exact) mass is 396 g/mol. The maximum Gasteiger partial charge on any atom is 0.239 e. The van der Waals surface area contributed by atoms with Gasteiger partial charge in [0.1, 0.15) is 0 Å². The van der Waals surface area contributed by atoms with Crippen LogP contribution in [-0.4, -0.2) is 53.3 Å². The normalized spacial score (nSPS) is 22.3. The van der Waals surface area contributed by atoms with E-state index in [9.17, 15) is 14.4 Å². The first-order valence-corrected chi connectivity index (χ1v) is 10.5. The largest absolute Gasteiger partial charge is 0.361 e. The lowest BCUT2D eigenvalue weighted by Crippen LogP contribution is -2.52. The molecular formula is C22H28N4O3. The van der Waals surface area contributed by atoms with E-state index >= 15 is 0 Å². The highest BCUT2D eigenvalue weighted by molar-refractivity contribution is 5.87. The van der Waals surface area contributed by atoms with Gasteiger partial charge < -0.3 is 20.5 Å². The number of aryl methyl sites for hydroxylation is 1. The van der Waals surface area contributed by atoms with E-state index < -0.39 is 0 Å². The molecule has 7 heteroatoms. The van der Waals surface area contributed by atoms with Crippen molar-refractivity contribution < 1.29 is 14.4 Å². The predicted molar refractivity (Wildman–Crippen MR) is 110 cm³/mol. The molecule has 7 nitrogen and oxygen atoms in total. The van der Waals surface area contributed by atoms with Crippen LogP contribution in [0.2, 0.25) is 0 Å². The molecular weight excluding hydrogens is 368 g/mol. The fourth-order valence-electron chi connectivity index (χ4n) is 4.46. The minimum absolute atomic E-state index is 0.0275. The van der Waals surface area contributed by atoms with E-state index in [1.807, 2.05) is 24.4 Å². The zero-order chi connectivity index (χ0) is 20.2. The Hall–Kier alpha value is -2.83. The molecule has 2 heterocycles. The highest BCUT2D eigenvalue weighted by Gasteiger charge is 2.31. The molecule has 1 saturated heterocycles. The first kappa shape index (κ1) is 19.5. The Kier molecular flexibility index (Phi) is 5.83. The fraction of sp³-hybridized carbons (Fsp3) is 0.500. The molecule has 2 aliphatic rings. The third-order valence-corrected chi connectivity index (χ3v) is 6.09. The van der Waals surface area contributed by atoms with Crippen LogP contribution in [0, 0.1) is 5.92 Å². The maximum atomic E-state index is 12.6. The summed E-state index contributed by atoms with van der Waals surface area (Å²) in [6.45, 7) is 1.30. The molecule has 0 bridgehead atoms. The Morgan fingerprint density at radius 1 is 1.14 bits per heavy atom. The molecule has 2 fully saturated rings. The summed E-state index contributed by atoms with van der Waals surface area (Å²) in [6, 6.07) is 8.25. The van der Waals surface area contributed by atoms with Crippen molar-refractivity contribution in [2.75, 3.05) is 19.6 Å². The Morgan fingerprint density at radius 3 is 2.72 bits per heavy atom. The smallest absolute Gasteiger partial charge is 0.239 e. The average Bonchev–Trinajstić information content (AvgIpc) is 3.15. The van der Waals surface area contributed by atoms with Gasteiger partial charge >= 0.3 is 0 Å². The van der Waals surface area contributed by atoms with Crippen LogP contribution in [0.5, 0.6) is 0 Å². The van der Waals surface area contributed by atoms with Crippen molar-refractivity contribution >= 4 is 28.6 Å². The maximum absolute atomic E-state index is 12.6. The van der Waals surface area contributed by atoms with Crippen LogP contribution in [0.25, 0.3) is 10.9 Å². The van der Waals surface area contributed by atoms with Crippen LogP contribution < -0.4 is 10.6 Å². The van der Waals surface area contributed by atoms with Crippen molar-refractivity contribution in [2.24, 2.45) is 5.92 Å². The van der Waals surface area contributed by atoms with Gasteiger partial charge in [-0.05, 0) is 43.7 Å². The van der Waals surface area contributed by atoms with Crippen molar-refractivity contribution in [2.45, 2.75) is 44.6 Å². The lowest BCUT2D eigenvalue weighted by Gasteiger charge is -2.34. The van der Waals surface area contributed by atoms with E-state index in [1.54, 1.807) is 4.90 Å². The number of fused-ring (bicyclic) bond motifs is 1. The standard InChI is InChI=1S/C22H28N4O3/c27-20(10-7-16-13-24-19-4-2-1-3-18(16)19)25-17-8-5-15(6-9-17)22(29)26-12-11-23-21(28)14-26/h1-4,13,15,17,24H,5-12,14H2,(H,23,28)(H,25,27). The van der Waals surface area contributed by atoms with Crippen LogP contribution in [0.15, 0.2) is 30.5 Å². The van der Waals surface area contributed by atoms with Gasteiger partial charge in [0.25, 0.3) is 0 Å². The quantitative estimate of drug-likeness (QED) is 0.718. The summed E-state index contributed by atoms with van der Waals surface area (Å²) in [5, 5.41) is 7.06. The predicted octanol–water partition coefficient (Wildman–Crippen LogP) is 1.73. The fourth-order valence-corrected chi connectivity index (χ4v) is 4.46. The van der Waals surface area contributed by atoms with E-state index in [4.69, 9.17) is 0 Å². The highest BCUT2D eigenvalue weighted by atomic mass is 16.2. The van der Waals surface area contributed by atoms with Crippen molar-refractivity contribution in [1.29, 1.82) is 0 Å². The number of carbonyl (C=O) groups excluding carboxylic acids is 3. The first-order chi connectivity index (χ1) is 14.1. The summed E-state index contributed by atoms with van der Waals surface area (Å²) in [5.74, 6) is 0.0442. The van der Waals surface area contributed by atoms with E-state index in [1.165, 1.54) is 5.39 Å². The number of para-hydroxylation sites is 1. The molecule has 4 rings (SSSR count). The molecule has 1 aromatic carbocycles. The molecule has 1 aliphatic heterocycles. The van der Waals surface area contributed by atoms with Gasteiger partial charge in [0.2, 0.25) is 17.7 Å². The molecule has 1 aliphatic carbocycles. The molecule has 0 radical (unpaired) electrons. The molecule has 1 saturated carbocycles. The SMILES string of the molecule is O=C1CN(C(=O)C2CCC(NC(=O)CCc3c[nH]c4ccccc34)CC2)CCN1. The number of rotatable bonds is 5. The number of nitrogens with one attached hydrogen (secondary N) is 3. The van der Waals surface area contributed by atoms with Crippen LogP contribution >= 0.6 is 0 Å². The summed E-state index contributed by atoms with van der Waals surface area (Å²) < 4.78 is 0. The zero-order valence-corrected chi connectivity index (χ0v) is 16.6. The number of hydrogen-bond donors (Lipinski definition) is 3. The molecule has 29 heavy (non-hydrogen) atoms. The molecule has 0 spiro atoms. The number of carbonyl (C=O) groups is 3. The van der Waals surface area contributed by atoms with Gasteiger partial charge in [-0.3, -0.25) is 14.4 Å². The second-order valence-corrected chi connectivity index (χ2v) is 8.09. The summed E-state index contributed by atoms with van der Waals surface area (Å²) in [5.41, 5.74) is 2.26. The molecule has 3 N–H and O–H groups in total. The Bertz CT molecular complexity index is 898. The molecule has 3 amide bonds. The minimum atomic E-state index is -0.0826. The van der Waals surface area contributed by atoms with Crippen LogP contribution in [0.1, 0.15) is 37.7 Å². The number of amides is 3. The Morgan fingerprint density at radius 2 is 1.93 bits per heavy atom. The van der Waals surface area contributed by atoms with Crippen LogP contribution in [0.4, 0.5) is 0 Å². The third-order valence-electron chi connectivity index (χ3n) is 6.09. The van der Waals surface area contributed by atoms with Gasteiger partial charge in [-0.15, -0.1) is 0 Å². The summed E-state index contributed by atoms with van der Waals surface area (Å²) in [7, 11) is 0. The van der Waals surface area contributed by atoms with E-state index in [2.05, 4.69) is 21.7 Å². The number of nitrogens with zero attached hydrogens (tertiary/aromatic N) is 1. The Balaban J connectivity index is 1.21. The highest BCUT2D eigenvalue weighted by Crippen LogP contribution is 2.26. The van der Waals surface area contributed by atoms with E-state index in [-0.39, 0.29) is 36.2 Å². The Labute approximate surface area is 170 Å². The van der Waals surface area contributed by atoms with Crippen molar-refractivity contribution in [3.8, 4) is 0 Å². The van der Waals surface area contributed by atoms with Crippen molar-refractivity contribution in [3.05, 3.63) is 36.0 Å². The molecule has 154 valence electrons. The van der Waals surface area contributed by atoms with E-state index in [0.29, 0.717) is 25.9 Å². The zero-order valence-electron chi connectivity index (χ0n) is 16.6. The molecule has 1 aromatic heterocycles. The topological polar surface area (TPSA) is 94.3 Å². The lowest BCUT2D eigenvalue weighted by atomic mass is 9.85. The second kappa shape index (κ2) is 8.68. The number of benzene rings is 1.